The van der Waals surface area contributed by atoms with Crippen LogP contribution in [0.4, 0.5) is 0 Å². The highest BCUT2D eigenvalue weighted by molar-refractivity contribution is 7.09. The van der Waals surface area contributed by atoms with Crippen molar-refractivity contribution in [3.63, 3.8) is 0 Å². The third-order valence-electron chi connectivity index (χ3n) is 3.23. The maximum absolute atomic E-state index is 12.1. The fourth-order valence-electron chi connectivity index (χ4n) is 1.93. The summed E-state index contributed by atoms with van der Waals surface area (Å²) in [5.41, 5.74) is 1.33. The molecule has 0 aliphatic heterocycles. The van der Waals surface area contributed by atoms with Gasteiger partial charge in [-0.1, -0.05) is 17.7 Å². The number of thiazole rings is 1. The number of amides is 1. The number of esters is 1. The molecule has 7 heteroatoms. The van der Waals surface area contributed by atoms with E-state index in [0.717, 1.165) is 11.3 Å². The van der Waals surface area contributed by atoms with Crippen molar-refractivity contribution in [2.75, 3.05) is 0 Å². The minimum absolute atomic E-state index is 0.0153. The quantitative estimate of drug-likeness (QED) is 0.766. The Morgan fingerprint density at radius 3 is 2.52 bits per heavy atom. The number of carbonyl (C=O) groups is 2. The van der Waals surface area contributed by atoms with Crippen molar-refractivity contribution in [1.29, 1.82) is 0 Å². The van der Waals surface area contributed by atoms with E-state index in [4.69, 9.17) is 9.47 Å². The summed E-state index contributed by atoms with van der Waals surface area (Å²) in [5, 5.41) is 4.95. The Balaban J connectivity index is 1.88. The van der Waals surface area contributed by atoms with Crippen LogP contribution in [0.3, 0.4) is 0 Å². The molecule has 0 aliphatic rings. The van der Waals surface area contributed by atoms with E-state index in [1.165, 1.54) is 18.3 Å². The number of aromatic nitrogens is 1. The van der Waals surface area contributed by atoms with Crippen molar-refractivity contribution in [2.24, 2.45) is 0 Å². The van der Waals surface area contributed by atoms with E-state index in [1.54, 1.807) is 5.38 Å². The molecule has 134 valence electrons. The highest BCUT2D eigenvalue weighted by atomic mass is 32.1. The molecule has 1 unspecified atom stereocenters. The number of ether oxygens (including phenoxy) is 2. The first-order valence-corrected chi connectivity index (χ1v) is 8.88. The fourth-order valence-corrected chi connectivity index (χ4v) is 2.60. The van der Waals surface area contributed by atoms with Gasteiger partial charge in [0.2, 0.25) is 0 Å². The lowest BCUT2D eigenvalue weighted by molar-refractivity contribution is -0.129. The van der Waals surface area contributed by atoms with Crippen LogP contribution < -0.4 is 10.1 Å². The molecule has 1 heterocycles. The van der Waals surface area contributed by atoms with Crippen molar-refractivity contribution >= 4 is 23.2 Å². The van der Waals surface area contributed by atoms with E-state index >= 15 is 0 Å². The molecule has 0 fully saturated rings. The number of benzene rings is 1. The zero-order chi connectivity index (χ0) is 18.4. The smallest absolute Gasteiger partial charge is 0.358 e. The Hall–Kier alpha value is -2.41. The van der Waals surface area contributed by atoms with Crippen LogP contribution in [-0.4, -0.2) is 29.0 Å². The van der Waals surface area contributed by atoms with Gasteiger partial charge in [0.15, 0.2) is 11.8 Å². The number of aryl methyl sites for hydroxylation is 1. The largest absolute Gasteiger partial charge is 0.486 e. The summed E-state index contributed by atoms with van der Waals surface area (Å²) < 4.78 is 10.8. The second-order valence-corrected chi connectivity index (χ2v) is 6.88. The molecule has 0 aliphatic carbocycles. The van der Waals surface area contributed by atoms with Crippen LogP contribution in [0, 0.1) is 6.92 Å². The van der Waals surface area contributed by atoms with Gasteiger partial charge in [-0.2, -0.15) is 0 Å². The predicted octanol–water partition coefficient (Wildman–Crippen LogP) is 3.10. The van der Waals surface area contributed by atoms with Crippen molar-refractivity contribution in [2.45, 2.75) is 46.4 Å². The molecule has 0 saturated heterocycles. The van der Waals surface area contributed by atoms with Crippen LogP contribution in [0.5, 0.6) is 5.75 Å². The molecule has 1 aromatic heterocycles. The third kappa shape index (κ3) is 5.86. The molecule has 25 heavy (non-hydrogen) atoms. The van der Waals surface area contributed by atoms with E-state index in [2.05, 4.69) is 10.3 Å². The summed E-state index contributed by atoms with van der Waals surface area (Å²) in [4.78, 5) is 28.1. The van der Waals surface area contributed by atoms with Crippen LogP contribution in [0.15, 0.2) is 29.6 Å². The highest BCUT2D eigenvalue weighted by Gasteiger charge is 2.21. The molecular weight excluding hydrogens is 340 g/mol. The molecule has 0 radical (unpaired) electrons. The van der Waals surface area contributed by atoms with E-state index < -0.39 is 12.1 Å². The molecule has 1 atom stereocenters. The van der Waals surface area contributed by atoms with Crippen LogP contribution >= 0.6 is 11.3 Å². The standard InChI is InChI=1S/C18H22N2O4S/c1-11(2)19-17(21)13(4)24-18(22)15-10-25-16(20-15)9-23-14-7-5-12(3)6-8-14/h5-8,10-11,13H,9H2,1-4H3,(H,19,21). The zero-order valence-electron chi connectivity index (χ0n) is 14.7. The van der Waals surface area contributed by atoms with Crippen LogP contribution in [-0.2, 0) is 16.1 Å². The summed E-state index contributed by atoms with van der Waals surface area (Å²) in [6.45, 7) is 7.49. The molecule has 6 nitrogen and oxygen atoms in total. The van der Waals surface area contributed by atoms with Crippen molar-refractivity contribution in [3.05, 3.63) is 45.9 Å². The van der Waals surface area contributed by atoms with Gasteiger partial charge in [-0.15, -0.1) is 11.3 Å². The van der Waals surface area contributed by atoms with E-state index in [1.807, 2.05) is 45.0 Å². The first kappa shape index (κ1) is 18.9. The number of hydrogen-bond acceptors (Lipinski definition) is 6. The lowest BCUT2D eigenvalue weighted by atomic mass is 10.2. The van der Waals surface area contributed by atoms with Gasteiger partial charge in [-0.3, -0.25) is 4.79 Å². The molecule has 2 rings (SSSR count). The van der Waals surface area contributed by atoms with Gasteiger partial charge in [0, 0.05) is 11.4 Å². The number of nitrogens with zero attached hydrogens (tertiary/aromatic N) is 1. The van der Waals surface area contributed by atoms with Crippen LogP contribution in [0.2, 0.25) is 0 Å². The molecule has 2 aromatic rings. The lowest BCUT2D eigenvalue weighted by Gasteiger charge is -2.14. The monoisotopic (exact) mass is 362 g/mol. The maximum Gasteiger partial charge on any atom is 0.358 e. The lowest BCUT2D eigenvalue weighted by Crippen LogP contribution is -2.39. The summed E-state index contributed by atoms with van der Waals surface area (Å²) in [7, 11) is 0. The topological polar surface area (TPSA) is 77.5 Å². The second kappa shape index (κ2) is 8.62. The molecular formula is C18H22N2O4S. The van der Waals surface area contributed by atoms with Gasteiger partial charge < -0.3 is 14.8 Å². The average molecular weight is 362 g/mol. The van der Waals surface area contributed by atoms with Crippen LogP contribution in [0.25, 0.3) is 0 Å². The number of hydrogen-bond donors (Lipinski definition) is 1. The van der Waals surface area contributed by atoms with Gasteiger partial charge in [0.05, 0.1) is 0 Å². The Bertz CT molecular complexity index is 725. The van der Waals surface area contributed by atoms with E-state index in [9.17, 15) is 9.59 Å². The Morgan fingerprint density at radius 1 is 1.20 bits per heavy atom. The number of carbonyl (C=O) groups excluding carboxylic acids is 2. The average Bonchev–Trinajstić information content (AvgIpc) is 3.02. The molecule has 0 saturated carbocycles. The van der Waals surface area contributed by atoms with Gasteiger partial charge in [-0.05, 0) is 39.8 Å². The SMILES string of the molecule is Cc1ccc(OCc2nc(C(=O)OC(C)C(=O)NC(C)C)cs2)cc1. The Morgan fingerprint density at radius 2 is 1.88 bits per heavy atom. The maximum atomic E-state index is 12.1. The summed E-state index contributed by atoms with van der Waals surface area (Å²) in [6.07, 6.45) is -0.871. The highest BCUT2D eigenvalue weighted by Crippen LogP contribution is 2.17. The van der Waals surface area contributed by atoms with Gasteiger partial charge in [0.1, 0.15) is 17.4 Å². The normalized spacial score (nSPS) is 11.9. The third-order valence-corrected chi connectivity index (χ3v) is 4.05. The van der Waals surface area contributed by atoms with E-state index in [-0.39, 0.29) is 24.2 Å². The minimum atomic E-state index is -0.871. The molecule has 1 N–H and O–H groups in total. The Labute approximate surface area is 151 Å². The van der Waals surface area contributed by atoms with Gasteiger partial charge in [0.25, 0.3) is 5.91 Å². The number of rotatable bonds is 7. The Kier molecular flexibility index (Phi) is 6.52. The predicted molar refractivity (Wildman–Crippen MR) is 95.8 cm³/mol. The minimum Gasteiger partial charge on any atom is -0.486 e. The van der Waals surface area contributed by atoms with Gasteiger partial charge >= 0.3 is 5.97 Å². The van der Waals surface area contributed by atoms with E-state index in [0.29, 0.717) is 5.01 Å². The zero-order valence-corrected chi connectivity index (χ0v) is 15.6. The van der Waals surface area contributed by atoms with Gasteiger partial charge in [-0.25, -0.2) is 9.78 Å². The van der Waals surface area contributed by atoms with Crippen molar-refractivity contribution in [3.8, 4) is 5.75 Å². The molecule has 0 spiro atoms. The fraction of sp³-hybridized carbons (Fsp3) is 0.389. The summed E-state index contributed by atoms with van der Waals surface area (Å²) in [6, 6.07) is 7.67. The molecule has 1 amide bonds. The summed E-state index contributed by atoms with van der Waals surface area (Å²) >= 11 is 1.31. The van der Waals surface area contributed by atoms with Crippen LogP contribution in [0.1, 0.15) is 41.8 Å². The second-order valence-electron chi connectivity index (χ2n) is 5.94. The van der Waals surface area contributed by atoms with Crippen molar-refractivity contribution in [1.82, 2.24) is 10.3 Å². The molecule has 0 bridgehead atoms. The summed E-state index contributed by atoms with van der Waals surface area (Å²) in [5.74, 6) is -0.213. The first-order chi connectivity index (χ1) is 11.8. The molecule has 1 aromatic carbocycles. The first-order valence-electron chi connectivity index (χ1n) is 8.00. The van der Waals surface area contributed by atoms with Crippen molar-refractivity contribution < 1.29 is 19.1 Å². The number of nitrogens with one attached hydrogen (secondary N) is 1.